The summed E-state index contributed by atoms with van der Waals surface area (Å²) in [6.45, 7) is 0. The summed E-state index contributed by atoms with van der Waals surface area (Å²) in [7, 11) is -5.24. The molecular weight excluding hydrogens is 173 g/mol. The van der Waals surface area contributed by atoms with Crippen molar-refractivity contribution in [3.63, 3.8) is 0 Å². The first-order valence-corrected chi connectivity index (χ1v) is 2.80. The molecule has 0 heterocycles. The monoisotopic (exact) mass is 176 g/mol. The van der Waals surface area contributed by atoms with Crippen LogP contribution in [0.2, 0.25) is 0 Å². The molecule has 0 aromatic carbocycles. The first-order valence-electron chi connectivity index (χ1n) is 1.33. The highest BCUT2D eigenvalue weighted by molar-refractivity contribution is 7.86. The minimum absolute atomic E-state index is 0. The molecule has 0 fully saturated rings. The fraction of sp³-hybridized carbons (Fsp3) is 1.00. The van der Waals surface area contributed by atoms with Crippen molar-refractivity contribution in [3.8, 4) is 0 Å². The summed E-state index contributed by atoms with van der Waals surface area (Å²) in [5.41, 5.74) is 0. The van der Waals surface area contributed by atoms with Gasteiger partial charge in [-0.2, -0.15) is 17.2 Å². The molecule has 0 aromatic heterocycles. The molecule has 0 aliphatic rings. The van der Waals surface area contributed by atoms with Gasteiger partial charge in [0.05, 0.1) is 0 Å². The van der Waals surface area contributed by atoms with Crippen LogP contribution in [0.3, 0.4) is 0 Å². The van der Waals surface area contributed by atoms with E-state index in [2.05, 4.69) is 0 Å². The molecule has 0 aliphatic carbocycles. The molecule has 0 aromatic rings. The quantitative estimate of drug-likeness (QED) is 0.534. The van der Waals surface area contributed by atoms with E-state index in [4.69, 9.17) is 0 Å². The van der Waals surface area contributed by atoms with Crippen molar-refractivity contribution in [1.29, 1.82) is 0 Å². The van der Waals surface area contributed by atoms with Crippen LogP contribution < -0.4 is 0 Å². The molecule has 0 spiro atoms. The molecule has 0 rings (SSSR count). The molecule has 0 amide bonds. The van der Waals surface area contributed by atoms with E-state index >= 15 is 0 Å². The fourth-order valence-corrected chi connectivity index (χ4v) is 0.0825. The number of hydrogen-bond donors (Lipinski definition) is 0. The third-order valence-corrected chi connectivity index (χ3v) is 0.918. The minimum atomic E-state index is -5.24. The number of rotatable bonds is 2. The molecule has 0 saturated carbocycles. The van der Waals surface area contributed by atoms with E-state index in [-0.39, 0.29) is 23.1 Å². The largest absolute Gasteiger partial charge is 0.363 e. The maximum Gasteiger partial charge on any atom is 0.363 e. The van der Waals surface area contributed by atoms with E-state index in [1.54, 1.807) is 0 Å². The van der Waals surface area contributed by atoms with Gasteiger partial charge < -0.3 is 0 Å². The van der Waals surface area contributed by atoms with Gasteiger partial charge in [-0.05, 0) is 4.53 Å². The molecule has 8 heteroatoms. The van der Waals surface area contributed by atoms with Crippen LogP contribution in [0, 0.1) is 0 Å². The summed E-state index contributed by atoms with van der Waals surface area (Å²) >= 11 is 0. The predicted molar refractivity (Wildman–Crippen MR) is 25.7 cm³/mol. The summed E-state index contributed by atoms with van der Waals surface area (Å²) in [4.78, 5) is 0. The molecule has 0 unspecified atom stereocenters. The van der Waals surface area contributed by atoms with Gasteiger partial charge in [-0.1, -0.05) is 4.39 Å². The van der Waals surface area contributed by atoms with Gasteiger partial charge in [0.25, 0.3) is 0 Å². The Hall–Kier alpha value is 0.466. The normalized spacial score (nSPS) is 11.1. The van der Waals surface area contributed by atoms with Gasteiger partial charge in [0, 0.05) is 0 Å². The average molecular weight is 176 g/mol. The Morgan fingerprint density at radius 2 is 1.67 bits per heavy atom. The second-order valence-corrected chi connectivity index (χ2v) is 2.28. The molecule has 9 heavy (non-hydrogen) atoms. The SMILES string of the molecule is O=S(=O)(OF)C(F)F.[MgH2]. The van der Waals surface area contributed by atoms with E-state index < -0.39 is 15.9 Å². The van der Waals surface area contributed by atoms with Gasteiger partial charge >= 0.3 is 38.9 Å². The van der Waals surface area contributed by atoms with Gasteiger partial charge in [0.2, 0.25) is 0 Å². The number of alkyl halides is 2. The molecule has 3 nitrogen and oxygen atoms in total. The second-order valence-electron chi connectivity index (χ2n) is 0.816. The van der Waals surface area contributed by atoms with Crippen molar-refractivity contribution in [2.75, 3.05) is 0 Å². The molecule has 0 bridgehead atoms. The Bertz CT molecular complexity index is 152. The predicted octanol–water partition coefficient (Wildman–Crippen LogP) is -0.476. The lowest BCUT2D eigenvalue weighted by Gasteiger charge is -1.90. The molecule has 0 atom stereocenters. The third kappa shape index (κ3) is 3.95. The van der Waals surface area contributed by atoms with Gasteiger partial charge in [0.15, 0.2) is 0 Å². The van der Waals surface area contributed by atoms with Crippen LogP contribution in [0.15, 0.2) is 0 Å². The molecule has 0 radical (unpaired) electrons. The van der Waals surface area contributed by atoms with E-state index in [0.717, 1.165) is 0 Å². The van der Waals surface area contributed by atoms with Crippen molar-refractivity contribution < 1.29 is 26.1 Å². The van der Waals surface area contributed by atoms with E-state index in [1.165, 1.54) is 0 Å². The zero-order valence-corrected chi connectivity index (χ0v) is 4.16. The summed E-state index contributed by atoms with van der Waals surface area (Å²) in [6.07, 6.45) is 0. The van der Waals surface area contributed by atoms with Crippen LogP contribution in [-0.2, 0) is 14.5 Å². The highest BCUT2D eigenvalue weighted by Crippen LogP contribution is 2.05. The van der Waals surface area contributed by atoms with Crippen LogP contribution in [0.5, 0.6) is 0 Å². The number of halogens is 3. The smallest absolute Gasteiger partial charge is 0.191 e. The molecule has 54 valence electrons. The van der Waals surface area contributed by atoms with Crippen molar-refractivity contribution in [2.45, 2.75) is 5.76 Å². The summed E-state index contributed by atoms with van der Waals surface area (Å²) in [5, 5.41) is 0. The topological polar surface area (TPSA) is 43.4 Å². The first kappa shape index (κ1) is 12.2. The van der Waals surface area contributed by atoms with Gasteiger partial charge in [-0.15, -0.1) is 0 Å². The summed E-state index contributed by atoms with van der Waals surface area (Å²) in [6, 6.07) is 0. The summed E-state index contributed by atoms with van der Waals surface area (Å²) in [5.74, 6) is -3.81. The van der Waals surface area contributed by atoms with Crippen molar-refractivity contribution in [2.24, 2.45) is 0 Å². The van der Waals surface area contributed by atoms with Crippen LogP contribution in [0.25, 0.3) is 0 Å². The highest BCUT2D eigenvalue weighted by Gasteiger charge is 2.25. The Morgan fingerprint density at radius 1 is 1.33 bits per heavy atom. The Kier molecular flexibility index (Phi) is 5.83. The highest BCUT2D eigenvalue weighted by atomic mass is 32.2. The standard InChI is InChI=1S/CHF3O3S.Mg.2H/c2-1(3)8(5,6)7-4;;;/h1H;;;. The zero-order valence-electron chi connectivity index (χ0n) is 3.34. The van der Waals surface area contributed by atoms with Crippen molar-refractivity contribution in [3.05, 3.63) is 0 Å². The van der Waals surface area contributed by atoms with Crippen LogP contribution in [0.4, 0.5) is 13.3 Å². The lowest BCUT2D eigenvalue weighted by molar-refractivity contribution is -0.00838. The maximum atomic E-state index is 10.9. The minimum Gasteiger partial charge on any atom is -0.191 e. The first-order chi connectivity index (χ1) is 3.50. The second kappa shape index (κ2) is 4.31. The summed E-state index contributed by atoms with van der Waals surface area (Å²) < 4.78 is 52.8. The van der Waals surface area contributed by atoms with Gasteiger partial charge in [0.1, 0.15) is 0 Å². The molecular formula is CH3F3MgO3S. The Morgan fingerprint density at radius 3 is 1.67 bits per heavy atom. The number of hydrogen-bond acceptors (Lipinski definition) is 3. The van der Waals surface area contributed by atoms with Gasteiger partial charge in [-0.25, -0.2) is 0 Å². The van der Waals surface area contributed by atoms with Crippen LogP contribution in [-0.4, -0.2) is 37.2 Å². The maximum absolute atomic E-state index is 10.9. The molecule has 0 N–H and O–H groups in total. The van der Waals surface area contributed by atoms with Crippen molar-refractivity contribution >= 4 is 33.2 Å². The Labute approximate surface area is 65.4 Å². The molecule has 0 saturated heterocycles. The zero-order chi connectivity index (χ0) is 6.78. The van der Waals surface area contributed by atoms with Crippen LogP contribution >= 0.6 is 0 Å². The average Bonchev–Trinajstić information content (AvgIpc) is 1.67. The molecule has 0 aliphatic heterocycles. The van der Waals surface area contributed by atoms with Crippen molar-refractivity contribution in [1.82, 2.24) is 0 Å². The van der Waals surface area contributed by atoms with E-state index in [0.29, 0.717) is 0 Å². The third-order valence-electron chi connectivity index (χ3n) is 0.306. The Balaban J connectivity index is 0. The van der Waals surface area contributed by atoms with E-state index in [1.807, 2.05) is 4.39 Å². The van der Waals surface area contributed by atoms with Crippen LogP contribution in [0.1, 0.15) is 0 Å². The fourth-order valence-electron chi connectivity index (χ4n) is 0.0275. The van der Waals surface area contributed by atoms with E-state index in [9.17, 15) is 21.7 Å². The lowest BCUT2D eigenvalue weighted by atomic mass is 11.7. The lowest BCUT2D eigenvalue weighted by Crippen LogP contribution is -2.09. The van der Waals surface area contributed by atoms with Gasteiger partial charge in [-0.3, -0.25) is 0 Å².